The lowest BCUT2D eigenvalue weighted by atomic mass is 9.80. The summed E-state index contributed by atoms with van der Waals surface area (Å²) in [6.07, 6.45) is -12.0. The second kappa shape index (κ2) is 6.31. The molecule has 0 aliphatic heterocycles. The SMILES string of the molecule is C[C@@H]1CC[C@H](OC(=O)NC(C(F)(F)F)C(F)(F)F)C[C@H]1C. The number of halogens is 6. The van der Waals surface area contributed by atoms with Crippen molar-refractivity contribution in [2.45, 2.75) is 57.6 Å². The predicted molar refractivity (Wildman–Crippen MR) is 61.5 cm³/mol. The molecule has 0 saturated heterocycles. The number of hydrogen-bond donors (Lipinski definition) is 1. The van der Waals surface area contributed by atoms with Crippen molar-refractivity contribution in [3.05, 3.63) is 0 Å². The number of nitrogens with one attached hydrogen (secondary N) is 1. The van der Waals surface area contributed by atoms with Crippen molar-refractivity contribution in [2.24, 2.45) is 11.8 Å². The van der Waals surface area contributed by atoms with E-state index in [9.17, 15) is 31.1 Å². The van der Waals surface area contributed by atoms with Gasteiger partial charge >= 0.3 is 18.4 Å². The Bertz CT molecular complexity index is 354. The maximum absolute atomic E-state index is 12.3. The molecule has 1 aliphatic carbocycles. The first kappa shape index (κ1) is 17.9. The Hall–Kier alpha value is -1.15. The van der Waals surface area contributed by atoms with Crippen LogP contribution in [0, 0.1) is 11.8 Å². The number of amides is 1. The fourth-order valence-electron chi connectivity index (χ4n) is 2.26. The average molecular weight is 321 g/mol. The third-order valence-corrected chi connectivity index (χ3v) is 3.74. The first-order chi connectivity index (χ1) is 9.41. The summed E-state index contributed by atoms with van der Waals surface area (Å²) in [6, 6.07) is -3.92. The van der Waals surface area contributed by atoms with Gasteiger partial charge in [0.15, 0.2) is 0 Å². The summed E-state index contributed by atoms with van der Waals surface area (Å²) >= 11 is 0. The van der Waals surface area contributed by atoms with E-state index in [0.29, 0.717) is 25.2 Å². The van der Waals surface area contributed by atoms with E-state index in [4.69, 9.17) is 0 Å². The molecule has 9 heteroatoms. The van der Waals surface area contributed by atoms with Gasteiger partial charge in [-0.2, -0.15) is 26.3 Å². The molecule has 0 spiro atoms. The Morgan fingerprint density at radius 2 is 1.57 bits per heavy atom. The van der Waals surface area contributed by atoms with Crippen molar-refractivity contribution in [2.75, 3.05) is 0 Å². The van der Waals surface area contributed by atoms with Crippen LogP contribution in [0.2, 0.25) is 0 Å². The lowest BCUT2D eigenvalue weighted by molar-refractivity contribution is -0.256. The minimum Gasteiger partial charge on any atom is -0.446 e. The molecule has 0 aromatic heterocycles. The number of alkyl carbamates (subject to hydrolysis) is 1. The maximum atomic E-state index is 12.3. The van der Waals surface area contributed by atoms with Gasteiger partial charge in [0.2, 0.25) is 6.04 Å². The molecule has 0 aromatic rings. The van der Waals surface area contributed by atoms with Crippen LogP contribution in [-0.2, 0) is 4.74 Å². The topological polar surface area (TPSA) is 38.3 Å². The van der Waals surface area contributed by atoms with Crippen molar-refractivity contribution in [1.29, 1.82) is 0 Å². The first-order valence-corrected chi connectivity index (χ1v) is 6.51. The van der Waals surface area contributed by atoms with Crippen LogP contribution in [0.15, 0.2) is 0 Å². The van der Waals surface area contributed by atoms with Gasteiger partial charge in [0.25, 0.3) is 0 Å². The second-order valence-electron chi connectivity index (χ2n) is 5.46. The third-order valence-electron chi connectivity index (χ3n) is 3.74. The van der Waals surface area contributed by atoms with E-state index in [-0.39, 0.29) is 5.92 Å². The average Bonchev–Trinajstić information content (AvgIpc) is 2.28. The highest BCUT2D eigenvalue weighted by molar-refractivity contribution is 5.68. The molecule has 1 saturated carbocycles. The van der Waals surface area contributed by atoms with Crippen molar-refractivity contribution in [3.63, 3.8) is 0 Å². The van der Waals surface area contributed by atoms with Gasteiger partial charge in [0.1, 0.15) is 6.10 Å². The molecule has 3 atom stereocenters. The van der Waals surface area contributed by atoms with Gasteiger partial charge in [-0.25, -0.2) is 4.79 Å². The van der Waals surface area contributed by atoms with Gasteiger partial charge in [0.05, 0.1) is 0 Å². The molecular formula is C12H17F6NO2. The van der Waals surface area contributed by atoms with E-state index in [2.05, 4.69) is 4.74 Å². The molecule has 0 unspecified atom stereocenters. The first-order valence-electron chi connectivity index (χ1n) is 6.51. The molecule has 0 bridgehead atoms. The third kappa shape index (κ3) is 5.28. The van der Waals surface area contributed by atoms with Crippen LogP contribution in [0.3, 0.4) is 0 Å². The molecule has 0 heterocycles. The minimum absolute atomic E-state index is 0.192. The number of carbonyl (C=O) groups is 1. The smallest absolute Gasteiger partial charge is 0.417 e. The van der Waals surface area contributed by atoms with Gasteiger partial charge in [-0.1, -0.05) is 13.8 Å². The number of alkyl halides is 6. The standard InChI is InChI=1S/C12H17F6NO2/c1-6-3-4-8(5-7(6)2)21-10(20)19-9(11(13,14)15)12(16,17)18/h6-9H,3-5H2,1-2H3,(H,19,20)/t6-,7-,8+/m1/s1. The van der Waals surface area contributed by atoms with E-state index < -0.39 is 30.6 Å². The predicted octanol–water partition coefficient (Wildman–Crippen LogP) is 4.03. The Balaban J connectivity index is 2.59. The zero-order chi connectivity index (χ0) is 16.4. The van der Waals surface area contributed by atoms with Crippen LogP contribution < -0.4 is 5.32 Å². The van der Waals surface area contributed by atoms with Crippen molar-refractivity contribution < 1.29 is 35.9 Å². The number of rotatable bonds is 2. The summed E-state index contributed by atoms with van der Waals surface area (Å²) in [7, 11) is 0. The monoisotopic (exact) mass is 321 g/mol. The Morgan fingerprint density at radius 3 is 2.00 bits per heavy atom. The number of ether oxygens (including phenoxy) is 1. The van der Waals surface area contributed by atoms with E-state index in [1.165, 1.54) is 0 Å². The highest BCUT2D eigenvalue weighted by Crippen LogP contribution is 2.34. The molecule has 1 rings (SSSR count). The van der Waals surface area contributed by atoms with E-state index in [0.717, 1.165) is 5.32 Å². The molecule has 1 N–H and O–H groups in total. The largest absolute Gasteiger partial charge is 0.446 e. The summed E-state index contributed by atoms with van der Waals surface area (Å²) < 4.78 is 78.3. The van der Waals surface area contributed by atoms with Crippen molar-refractivity contribution in [1.82, 2.24) is 5.32 Å². The highest BCUT2D eigenvalue weighted by Gasteiger charge is 2.58. The van der Waals surface area contributed by atoms with Crippen LogP contribution in [0.25, 0.3) is 0 Å². The van der Waals surface area contributed by atoms with Gasteiger partial charge in [-0.05, 0) is 31.1 Å². The summed E-state index contributed by atoms with van der Waals surface area (Å²) in [5.41, 5.74) is 0. The second-order valence-corrected chi connectivity index (χ2v) is 5.46. The lowest BCUT2D eigenvalue weighted by Gasteiger charge is -2.32. The summed E-state index contributed by atoms with van der Waals surface area (Å²) in [5.74, 6) is 0.573. The Kier molecular flexibility index (Phi) is 5.38. The molecule has 21 heavy (non-hydrogen) atoms. The van der Waals surface area contributed by atoms with Gasteiger partial charge in [-0.3, -0.25) is 0 Å². The molecular weight excluding hydrogens is 304 g/mol. The normalized spacial score (nSPS) is 27.6. The Labute approximate surface area is 118 Å². The quantitative estimate of drug-likeness (QED) is 0.780. The summed E-state index contributed by atoms with van der Waals surface area (Å²) in [4.78, 5) is 11.3. The fourth-order valence-corrected chi connectivity index (χ4v) is 2.26. The van der Waals surface area contributed by atoms with Gasteiger partial charge in [0, 0.05) is 0 Å². The fraction of sp³-hybridized carbons (Fsp3) is 0.917. The van der Waals surface area contributed by atoms with Crippen LogP contribution in [0.1, 0.15) is 33.1 Å². The molecule has 1 amide bonds. The summed E-state index contributed by atoms with van der Waals surface area (Å²) in [6.45, 7) is 3.89. The van der Waals surface area contributed by atoms with E-state index in [1.54, 1.807) is 0 Å². The Morgan fingerprint density at radius 1 is 1.05 bits per heavy atom. The van der Waals surface area contributed by atoms with Crippen LogP contribution >= 0.6 is 0 Å². The van der Waals surface area contributed by atoms with Crippen LogP contribution in [0.4, 0.5) is 31.1 Å². The number of carbonyl (C=O) groups excluding carboxylic acids is 1. The highest BCUT2D eigenvalue weighted by atomic mass is 19.4. The van der Waals surface area contributed by atoms with Gasteiger partial charge in [-0.15, -0.1) is 0 Å². The van der Waals surface area contributed by atoms with Crippen LogP contribution in [0.5, 0.6) is 0 Å². The minimum atomic E-state index is -5.62. The van der Waals surface area contributed by atoms with Gasteiger partial charge < -0.3 is 10.1 Å². The molecule has 1 aliphatic rings. The molecule has 3 nitrogen and oxygen atoms in total. The van der Waals surface area contributed by atoms with Crippen molar-refractivity contribution in [3.8, 4) is 0 Å². The zero-order valence-corrected chi connectivity index (χ0v) is 11.5. The molecule has 0 radical (unpaired) electrons. The molecule has 1 fully saturated rings. The van der Waals surface area contributed by atoms with Crippen molar-refractivity contribution >= 4 is 6.09 Å². The summed E-state index contributed by atoms with van der Waals surface area (Å²) in [5, 5.41) is 0.859. The number of hydrogen-bond acceptors (Lipinski definition) is 2. The van der Waals surface area contributed by atoms with E-state index >= 15 is 0 Å². The lowest BCUT2D eigenvalue weighted by Crippen LogP contribution is -2.55. The molecule has 124 valence electrons. The van der Waals surface area contributed by atoms with Crippen LogP contribution in [-0.4, -0.2) is 30.6 Å². The maximum Gasteiger partial charge on any atom is 0.417 e. The molecule has 0 aromatic carbocycles. The van der Waals surface area contributed by atoms with E-state index in [1.807, 2.05) is 13.8 Å². The zero-order valence-electron chi connectivity index (χ0n) is 11.5.